The fraction of sp³-hybridized carbons (Fsp3) is 0.571. The average molecular weight is 282 g/mol. The molecule has 1 aliphatic rings. The van der Waals surface area contributed by atoms with E-state index < -0.39 is 10.0 Å². The van der Waals surface area contributed by atoms with Crippen LogP contribution in [-0.4, -0.2) is 15.0 Å². The number of primary sulfonamides is 1. The van der Waals surface area contributed by atoms with Crippen molar-refractivity contribution < 1.29 is 8.42 Å². The highest BCUT2D eigenvalue weighted by atomic mass is 32.2. The molecular formula is C14H22N2O2S. The number of rotatable bonds is 4. The van der Waals surface area contributed by atoms with Gasteiger partial charge in [-0.15, -0.1) is 0 Å². The van der Waals surface area contributed by atoms with Crippen molar-refractivity contribution in [2.24, 2.45) is 17.0 Å². The first-order chi connectivity index (χ1) is 8.95. The van der Waals surface area contributed by atoms with Crippen molar-refractivity contribution in [1.82, 2.24) is 0 Å². The molecule has 19 heavy (non-hydrogen) atoms. The highest BCUT2D eigenvalue weighted by Gasteiger charge is 2.17. The van der Waals surface area contributed by atoms with E-state index >= 15 is 0 Å². The van der Waals surface area contributed by atoms with E-state index in [4.69, 9.17) is 5.14 Å². The molecule has 0 saturated heterocycles. The fourth-order valence-electron chi connectivity index (χ4n) is 2.56. The van der Waals surface area contributed by atoms with Crippen LogP contribution in [-0.2, 0) is 10.0 Å². The van der Waals surface area contributed by atoms with Crippen molar-refractivity contribution in [1.29, 1.82) is 0 Å². The van der Waals surface area contributed by atoms with Crippen LogP contribution in [0.15, 0.2) is 29.2 Å². The van der Waals surface area contributed by atoms with Crippen LogP contribution in [0.25, 0.3) is 0 Å². The predicted molar refractivity (Wildman–Crippen MR) is 77.4 cm³/mol. The van der Waals surface area contributed by atoms with Crippen molar-refractivity contribution in [3.63, 3.8) is 0 Å². The summed E-state index contributed by atoms with van der Waals surface area (Å²) in [5.41, 5.74) is 0.950. The molecule has 1 fully saturated rings. The predicted octanol–water partition coefficient (Wildman–Crippen LogP) is 2.57. The van der Waals surface area contributed by atoms with Crippen molar-refractivity contribution >= 4 is 15.7 Å². The number of anilines is 1. The quantitative estimate of drug-likeness (QED) is 0.891. The van der Waals surface area contributed by atoms with E-state index in [-0.39, 0.29) is 4.90 Å². The van der Waals surface area contributed by atoms with E-state index in [0.717, 1.165) is 24.1 Å². The molecule has 0 bridgehead atoms. The molecule has 4 nitrogen and oxygen atoms in total. The summed E-state index contributed by atoms with van der Waals surface area (Å²) in [5.74, 6) is 1.60. The van der Waals surface area contributed by atoms with Gasteiger partial charge in [0.15, 0.2) is 0 Å². The van der Waals surface area contributed by atoms with Crippen LogP contribution in [0, 0.1) is 11.8 Å². The van der Waals surface area contributed by atoms with Crippen LogP contribution in [0.1, 0.15) is 32.6 Å². The standard InChI is InChI=1S/C14H22N2O2S/c1-11-2-4-12(5-3-11)10-16-13-6-8-14(9-7-13)19(15,17)18/h6-9,11-12,16H,2-5,10H2,1H3,(H2,15,17,18). The molecule has 2 rings (SSSR count). The third-order valence-electron chi connectivity index (χ3n) is 3.91. The molecule has 0 heterocycles. The fourth-order valence-corrected chi connectivity index (χ4v) is 3.07. The molecular weight excluding hydrogens is 260 g/mol. The number of hydrogen-bond acceptors (Lipinski definition) is 3. The van der Waals surface area contributed by atoms with E-state index in [1.54, 1.807) is 24.3 Å². The first-order valence-electron chi connectivity index (χ1n) is 6.82. The lowest BCUT2D eigenvalue weighted by Crippen LogP contribution is -2.20. The molecule has 1 aromatic carbocycles. The van der Waals surface area contributed by atoms with Gasteiger partial charge in [-0.2, -0.15) is 0 Å². The van der Waals surface area contributed by atoms with Crippen molar-refractivity contribution in [3.05, 3.63) is 24.3 Å². The molecule has 0 spiro atoms. The van der Waals surface area contributed by atoms with Crippen molar-refractivity contribution in [3.8, 4) is 0 Å². The number of nitrogens with one attached hydrogen (secondary N) is 1. The Morgan fingerprint density at radius 2 is 1.74 bits per heavy atom. The van der Waals surface area contributed by atoms with E-state index in [0.29, 0.717) is 0 Å². The zero-order valence-corrected chi connectivity index (χ0v) is 12.1. The molecule has 0 atom stereocenters. The van der Waals surface area contributed by atoms with Gasteiger partial charge in [-0.05, 0) is 48.9 Å². The van der Waals surface area contributed by atoms with E-state index in [1.165, 1.54) is 25.7 Å². The first-order valence-corrected chi connectivity index (χ1v) is 8.36. The van der Waals surface area contributed by atoms with Gasteiger partial charge in [0.1, 0.15) is 0 Å². The van der Waals surface area contributed by atoms with E-state index in [2.05, 4.69) is 12.2 Å². The van der Waals surface area contributed by atoms with Crippen LogP contribution < -0.4 is 10.5 Å². The second kappa shape index (κ2) is 5.92. The maximum absolute atomic E-state index is 11.1. The summed E-state index contributed by atoms with van der Waals surface area (Å²) in [7, 11) is -3.59. The number of sulfonamides is 1. The second-order valence-electron chi connectivity index (χ2n) is 5.58. The van der Waals surface area contributed by atoms with E-state index in [9.17, 15) is 8.42 Å². The smallest absolute Gasteiger partial charge is 0.238 e. The number of benzene rings is 1. The zero-order chi connectivity index (χ0) is 13.9. The van der Waals surface area contributed by atoms with Gasteiger partial charge in [-0.25, -0.2) is 13.6 Å². The van der Waals surface area contributed by atoms with Crippen LogP contribution in [0.5, 0.6) is 0 Å². The first kappa shape index (κ1) is 14.3. The van der Waals surface area contributed by atoms with Crippen LogP contribution in [0.4, 0.5) is 5.69 Å². The highest BCUT2D eigenvalue weighted by Crippen LogP contribution is 2.28. The molecule has 0 amide bonds. The largest absolute Gasteiger partial charge is 0.385 e. The van der Waals surface area contributed by atoms with Crippen LogP contribution >= 0.6 is 0 Å². The average Bonchev–Trinajstić information content (AvgIpc) is 2.37. The van der Waals surface area contributed by atoms with Crippen LogP contribution in [0.3, 0.4) is 0 Å². The summed E-state index contributed by atoms with van der Waals surface area (Å²) < 4.78 is 22.3. The molecule has 3 N–H and O–H groups in total. The Hall–Kier alpha value is -1.07. The molecule has 0 aliphatic heterocycles. The molecule has 106 valence electrons. The minimum Gasteiger partial charge on any atom is -0.385 e. The molecule has 1 aromatic rings. The molecule has 0 aromatic heterocycles. The van der Waals surface area contributed by atoms with Gasteiger partial charge in [0.05, 0.1) is 4.90 Å². The highest BCUT2D eigenvalue weighted by molar-refractivity contribution is 7.89. The Kier molecular flexibility index (Phi) is 4.47. The van der Waals surface area contributed by atoms with Gasteiger partial charge in [0, 0.05) is 12.2 Å². The number of hydrogen-bond donors (Lipinski definition) is 2. The van der Waals surface area contributed by atoms with Gasteiger partial charge >= 0.3 is 0 Å². The minimum atomic E-state index is -3.59. The van der Waals surface area contributed by atoms with Gasteiger partial charge < -0.3 is 5.32 Å². The normalized spacial score (nSPS) is 24.1. The molecule has 0 radical (unpaired) electrons. The molecule has 0 unspecified atom stereocenters. The maximum Gasteiger partial charge on any atom is 0.238 e. The topological polar surface area (TPSA) is 72.2 Å². The van der Waals surface area contributed by atoms with Crippen molar-refractivity contribution in [2.45, 2.75) is 37.5 Å². The monoisotopic (exact) mass is 282 g/mol. The molecule has 1 aliphatic carbocycles. The van der Waals surface area contributed by atoms with Gasteiger partial charge in [0.2, 0.25) is 10.0 Å². The Morgan fingerprint density at radius 3 is 2.26 bits per heavy atom. The third kappa shape index (κ3) is 4.21. The maximum atomic E-state index is 11.1. The summed E-state index contributed by atoms with van der Waals surface area (Å²) in [4.78, 5) is 0.157. The summed E-state index contributed by atoms with van der Waals surface area (Å²) in [5, 5.41) is 8.43. The Morgan fingerprint density at radius 1 is 1.16 bits per heavy atom. The SMILES string of the molecule is CC1CCC(CNc2ccc(S(N)(=O)=O)cc2)CC1. The molecule has 5 heteroatoms. The van der Waals surface area contributed by atoms with Gasteiger partial charge in [-0.3, -0.25) is 0 Å². The van der Waals surface area contributed by atoms with Crippen LogP contribution in [0.2, 0.25) is 0 Å². The van der Waals surface area contributed by atoms with E-state index in [1.807, 2.05) is 0 Å². The number of nitrogens with two attached hydrogens (primary N) is 1. The summed E-state index contributed by atoms with van der Waals surface area (Å²) in [6.45, 7) is 3.27. The van der Waals surface area contributed by atoms with Gasteiger partial charge in [0.25, 0.3) is 0 Å². The van der Waals surface area contributed by atoms with Gasteiger partial charge in [-0.1, -0.05) is 19.8 Å². The lowest BCUT2D eigenvalue weighted by Gasteiger charge is -2.26. The summed E-state index contributed by atoms with van der Waals surface area (Å²) >= 11 is 0. The Labute approximate surface area is 115 Å². The zero-order valence-electron chi connectivity index (χ0n) is 11.3. The lowest BCUT2D eigenvalue weighted by molar-refractivity contribution is 0.300. The third-order valence-corrected chi connectivity index (χ3v) is 4.84. The second-order valence-corrected chi connectivity index (χ2v) is 7.14. The Balaban J connectivity index is 1.87. The lowest BCUT2D eigenvalue weighted by atomic mass is 9.83. The van der Waals surface area contributed by atoms with Crippen molar-refractivity contribution in [2.75, 3.05) is 11.9 Å². The summed E-state index contributed by atoms with van der Waals surface area (Å²) in [6.07, 6.45) is 5.19. The Bertz CT molecular complexity index is 503. The summed E-state index contributed by atoms with van der Waals surface area (Å²) in [6, 6.07) is 6.62. The minimum absolute atomic E-state index is 0.157. The molecule has 1 saturated carbocycles.